The van der Waals surface area contributed by atoms with Crippen molar-refractivity contribution in [1.82, 2.24) is 4.90 Å². The number of carbonyl (C=O) groups excluding carboxylic acids is 1. The lowest BCUT2D eigenvalue weighted by Crippen LogP contribution is -2.29. The summed E-state index contributed by atoms with van der Waals surface area (Å²) < 4.78 is 0. The Morgan fingerprint density at radius 3 is 2.88 bits per heavy atom. The topological polar surface area (TPSA) is 66.6 Å². The Hall–Kier alpha value is -1.55. The fourth-order valence-corrected chi connectivity index (χ4v) is 2.03. The van der Waals surface area contributed by atoms with E-state index in [9.17, 15) is 9.90 Å². The van der Waals surface area contributed by atoms with Gasteiger partial charge in [0.25, 0.3) is 5.91 Å². The van der Waals surface area contributed by atoms with Gasteiger partial charge in [0, 0.05) is 13.1 Å². The van der Waals surface area contributed by atoms with Crippen LogP contribution in [0.2, 0.25) is 0 Å². The van der Waals surface area contributed by atoms with Gasteiger partial charge in [0.1, 0.15) is 5.75 Å². The summed E-state index contributed by atoms with van der Waals surface area (Å²) >= 11 is 0. The molecule has 0 bridgehead atoms. The third-order valence-electron chi connectivity index (χ3n) is 3.04. The number of para-hydroxylation sites is 1. The van der Waals surface area contributed by atoms with Crippen molar-refractivity contribution < 1.29 is 9.90 Å². The van der Waals surface area contributed by atoms with Crippen LogP contribution in [0.4, 0.5) is 0 Å². The average Bonchev–Trinajstić information content (AvgIpc) is 2.77. The van der Waals surface area contributed by atoms with Crippen LogP contribution in [0, 0.1) is 5.92 Å². The molecule has 1 saturated heterocycles. The third-order valence-corrected chi connectivity index (χ3v) is 3.04. The van der Waals surface area contributed by atoms with E-state index >= 15 is 0 Å². The van der Waals surface area contributed by atoms with Crippen molar-refractivity contribution in [3.8, 4) is 5.75 Å². The maximum Gasteiger partial charge on any atom is 0.257 e. The lowest BCUT2D eigenvalue weighted by molar-refractivity contribution is 0.0784. The van der Waals surface area contributed by atoms with Gasteiger partial charge in [-0.3, -0.25) is 4.79 Å². The van der Waals surface area contributed by atoms with Gasteiger partial charge >= 0.3 is 0 Å². The number of carbonyl (C=O) groups is 1. The third kappa shape index (κ3) is 2.02. The smallest absolute Gasteiger partial charge is 0.257 e. The number of amides is 1. The summed E-state index contributed by atoms with van der Waals surface area (Å²) in [5.74, 6) is 0.340. The van der Waals surface area contributed by atoms with Gasteiger partial charge in [-0.1, -0.05) is 12.1 Å². The van der Waals surface area contributed by atoms with E-state index in [2.05, 4.69) is 0 Å². The van der Waals surface area contributed by atoms with Gasteiger partial charge in [-0.2, -0.15) is 0 Å². The summed E-state index contributed by atoms with van der Waals surface area (Å²) in [7, 11) is 0. The fourth-order valence-electron chi connectivity index (χ4n) is 2.03. The molecule has 1 aliphatic rings. The van der Waals surface area contributed by atoms with Gasteiger partial charge in [0.05, 0.1) is 5.56 Å². The van der Waals surface area contributed by atoms with Gasteiger partial charge < -0.3 is 15.7 Å². The summed E-state index contributed by atoms with van der Waals surface area (Å²) in [5.41, 5.74) is 5.95. The molecule has 4 nitrogen and oxygen atoms in total. The number of likely N-dealkylation sites (tertiary alicyclic amines) is 1. The summed E-state index contributed by atoms with van der Waals surface area (Å²) in [6.45, 7) is 2.04. The van der Waals surface area contributed by atoms with Crippen LogP contribution in [-0.4, -0.2) is 35.5 Å². The van der Waals surface area contributed by atoms with Crippen molar-refractivity contribution in [1.29, 1.82) is 0 Å². The minimum atomic E-state index is -0.103. The highest BCUT2D eigenvalue weighted by Crippen LogP contribution is 2.22. The molecule has 1 aromatic rings. The number of phenols is 1. The van der Waals surface area contributed by atoms with Gasteiger partial charge in [0.2, 0.25) is 0 Å². The first-order chi connectivity index (χ1) is 7.72. The molecule has 16 heavy (non-hydrogen) atoms. The molecular weight excluding hydrogens is 204 g/mol. The number of nitrogens with two attached hydrogens (primary N) is 1. The molecule has 0 spiro atoms. The number of hydrogen-bond donors (Lipinski definition) is 2. The molecule has 1 fully saturated rings. The monoisotopic (exact) mass is 220 g/mol. The normalized spacial score (nSPS) is 20.1. The first kappa shape index (κ1) is 11.0. The minimum Gasteiger partial charge on any atom is -0.507 e. The maximum absolute atomic E-state index is 12.1. The molecule has 1 aromatic carbocycles. The van der Waals surface area contributed by atoms with Crippen molar-refractivity contribution in [2.45, 2.75) is 6.42 Å². The number of hydrogen-bond acceptors (Lipinski definition) is 3. The van der Waals surface area contributed by atoms with Gasteiger partial charge in [-0.25, -0.2) is 0 Å². The second kappa shape index (κ2) is 4.53. The lowest BCUT2D eigenvalue weighted by atomic mass is 10.1. The van der Waals surface area contributed by atoms with E-state index in [0.717, 1.165) is 13.0 Å². The zero-order valence-corrected chi connectivity index (χ0v) is 9.10. The van der Waals surface area contributed by atoms with E-state index in [1.54, 1.807) is 23.1 Å². The Labute approximate surface area is 94.7 Å². The Morgan fingerprint density at radius 1 is 1.50 bits per heavy atom. The van der Waals surface area contributed by atoms with E-state index in [-0.39, 0.29) is 11.7 Å². The Morgan fingerprint density at radius 2 is 2.25 bits per heavy atom. The van der Waals surface area contributed by atoms with Crippen LogP contribution >= 0.6 is 0 Å². The predicted molar refractivity (Wildman–Crippen MR) is 61.2 cm³/mol. The molecule has 2 rings (SSSR count). The molecular formula is C12H16N2O2. The van der Waals surface area contributed by atoms with E-state index in [1.165, 1.54) is 6.07 Å². The second-order valence-corrected chi connectivity index (χ2v) is 4.16. The summed E-state index contributed by atoms with van der Waals surface area (Å²) in [6, 6.07) is 6.64. The van der Waals surface area contributed by atoms with Crippen molar-refractivity contribution in [2.24, 2.45) is 11.7 Å². The molecule has 0 aromatic heterocycles. The van der Waals surface area contributed by atoms with E-state index in [1.807, 2.05) is 0 Å². The predicted octanol–water partition coefficient (Wildman–Crippen LogP) is 0.813. The van der Waals surface area contributed by atoms with Crippen molar-refractivity contribution in [3.05, 3.63) is 29.8 Å². The van der Waals surface area contributed by atoms with Gasteiger partial charge in [0.15, 0.2) is 0 Å². The van der Waals surface area contributed by atoms with Crippen LogP contribution in [0.3, 0.4) is 0 Å². The van der Waals surface area contributed by atoms with Crippen LogP contribution in [0.1, 0.15) is 16.8 Å². The molecule has 1 aliphatic heterocycles. The van der Waals surface area contributed by atoms with Crippen LogP contribution in [0.5, 0.6) is 5.75 Å². The fraction of sp³-hybridized carbons (Fsp3) is 0.417. The van der Waals surface area contributed by atoms with Crippen LogP contribution < -0.4 is 5.73 Å². The lowest BCUT2D eigenvalue weighted by Gasteiger charge is -2.16. The highest BCUT2D eigenvalue weighted by molar-refractivity contribution is 5.96. The first-order valence-electron chi connectivity index (χ1n) is 5.49. The quantitative estimate of drug-likeness (QED) is 0.775. The Bertz CT molecular complexity index is 392. The molecule has 4 heteroatoms. The highest BCUT2D eigenvalue weighted by Gasteiger charge is 2.26. The Kier molecular flexibility index (Phi) is 3.10. The summed E-state index contributed by atoms with van der Waals surface area (Å²) in [6.07, 6.45) is 0.954. The number of benzene rings is 1. The van der Waals surface area contributed by atoms with Gasteiger partial charge in [-0.05, 0) is 31.0 Å². The van der Waals surface area contributed by atoms with Crippen LogP contribution in [0.15, 0.2) is 24.3 Å². The molecule has 0 aliphatic carbocycles. The number of phenolic OH excluding ortho intramolecular Hbond substituents is 1. The number of nitrogens with zero attached hydrogens (tertiary/aromatic N) is 1. The average molecular weight is 220 g/mol. The van der Waals surface area contributed by atoms with Crippen LogP contribution in [0.25, 0.3) is 0 Å². The van der Waals surface area contributed by atoms with Crippen molar-refractivity contribution >= 4 is 5.91 Å². The SMILES string of the molecule is NCC1CCN(C(=O)c2ccccc2O)C1. The molecule has 1 heterocycles. The van der Waals surface area contributed by atoms with Crippen molar-refractivity contribution in [3.63, 3.8) is 0 Å². The maximum atomic E-state index is 12.1. The summed E-state index contributed by atoms with van der Waals surface area (Å²) in [4.78, 5) is 13.8. The van der Waals surface area contributed by atoms with Gasteiger partial charge in [-0.15, -0.1) is 0 Å². The molecule has 1 amide bonds. The molecule has 1 atom stereocenters. The standard InChI is InChI=1S/C12H16N2O2/c13-7-9-5-6-14(8-9)12(16)10-3-1-2-4-11(10)15/h1-4,9,15H,5-8,13H2. The summed E-state index contributed by atoms with van der Waals surface area (Å²) in [5, 5.41) is 9.59. The Balaban J connectivity index is 2.12. The van der Waals surface area contributed by atoms with E-state index < -0.39 is 0 Å². The van der Waals surface area contributed by atoms with Crippen LogP contribution in [-0.2, 0) is 0 Å². The molecule has 0 radical (unpaired) electrons. The number of aromatic hydroxyl groups is 1. The number of rotatable bonds is 2. The molecule has 3 N–H and O–H groups in total. The second-order valence-electron chi connectivity index (χ2n) is 4.16. The minimum absolute atomic E-state index is 0.0451. The largest absolute Gasteiger partial charge is 0.507 e. The van der Waals surface area contributed by atoms with E-state index in [4.69, 9.17) is 5.73 Å². The van der Waals surface area contributed by atoms with E-state index in [0.29, 0.717) is 24.6 Å². The molecule has 86 valence electrons. The first-order valence-corrected chi connectivity index (χ1v) is 5.49. The molecule has 1 unspecified atom stereocenters. The highest BCUT2D eigenvalue weighted by atomic mass is 16.3. The zero-order chi connectivity index (χ0) is 11.5. The molecule has 0 saturated carbocycles. The van der Waals surface area contributed by atoms with Crippen molar-refractivity contribution in [2.75, 3.05) is 19.6 Å². The zero-order valence-electron chi connectivity index (χ0n) is 9.10.